The van der Waals surface area contributed by atoms with E-state index in [1.54, 1.807) is 38.1 Å². The van der Waals surface area contributed by atoms with Crippen LogP contribution in [0, 0.1) is 0 Å². The van der Waals surface area contributed by atoms with Crippen molar-refractivity contribution in [2.45, 2.75) is 32.6 Å². The minimum atomic E-state index is -4.19. The smallest absolute Gasteiger partial charge is 0.398 e. The van der Waals surface area contributed by atoms with Gasteiger partial charge in [0.25, 0.3) is 0 Å². The zero-order valence-electron chi connectivity index (χ0n) is 9.96. The lowest BCUT2D eigenvalue weighted by atomic mass is 10.1. The SMILES string of the molecule is CC(C)N(Cc1ccccc1N)CC(F)(F)F. The molecule has 0 saturated heterocycles. The molecule has 0 spiro atoms. The highest BCUT2D eigenvalue weighted by Crippen LogP contribution is 2.21. The monoisotopic (exact) mass is 246 g/mol. The van der Waals surface area contributed by atoms with Crippen LogP contribution < -0.4 is 5.73 Å². The minimum Gasteiger partial charge on any atom is -0.398 e. The van der Waals surface area contributed by atoms with E-state index >= 15 is 0 Å². The van der Waals surface area contributed by atoms with Gasteiger partial charge in [0, 0.05) is 18.3 Å². The Morgan fingerprint density at radius 3 is 2.29 bits per heavy atom. The number of rotatable bonds is 4. The summed E-state index contributed by atoms with van der Waals surface area (Å²) in [6.07, 6.45) is -4.19. The van der Waals surface area contributed by atoms with Gasteiger partial charge in [0.15, 0.2) is 0 Å². The van der Waals surface area contributed by atoms with Crippen LogP contribution in [0.25, 0.3) is 0 Å². The number of halogens is 3. The molecule has 0 bridgehead atoms. The Hall–Kier alpha value is -1.23. The van der Waals surface area contributed by atoms with Crippen LogP contribution in [0.5, 0.6) is 0 Å². The maximum Gasteiger partial charge on any atom is 0.401 e. The Bertz CT molecular complexity index is 361. The van der Waals surface area contributed by atoms with Gasteiger partial charge in [-0.3, -0.25) is 4.90 Å². The average Bonchev–Trinajstić information content (AvgIpc) is 2.18. The number of hydrogen-bond donors (Lipinski definition) is 1. The third kappa shape index (κ3) is 4.65. The highest BCUT2D eigenvalue weighted by atomic mass is 19.4. The van der Waals surface area contributed by atoms with Crippen molar-refractivity contribution in [1.29, 1.82) is 0 Å². The molecule has 0 atom stereocenters. The van der Waals surface area contributed by atoms with E-state index in [1.165, 1.54) is 4.90 Å². The summed E-state index contributed by atoms with van der Waals surface area (Å²) in [4.78, 5) is 1.35. The molecule has 0 amide bonds. The zero-order valence-corrected chi connectivity index (χ0v) is 9.96. The van der Waals surface area contributed by atoms with Gasteiger partial charge in [-0.05, 0) is 25.5 Å². The summed E-state index contributed by atoms with van der Waals surface area (Å²) in [6, 6.07) is 6.80. The van der Waals surface area contributed by atoms with Crippen LogP contribution in [0.1, 0.15) is 19.4 Å². The van der Waals surface area contributed by atoms with Gasteiger partial charge in [-0.25, -0.2) is 0 Å². The number of nitrogen functional groups attached to an aromatic ring is 1. The van der Waals surface area contributed by atoms with Crippen molar-refractivity contribution in [3.05, 3.63) is 29.8 Å². The summed E-state index contributed by atoms with van der Waals surface area (Å²) in [6.45, 7) is 2.78. The van der Waals surface area contributed by atoms with Crippen molar-refractivity contribution in [2.24, 2.45) is 0 Å². The van der Waals surface area contributed by atoms with Gasteiger partial charge < -0.3 is 5.73 Å². The number of anilines is 1. The Kier molecular flexibility index (Phi) is 4.40. The van der Waals surface area contributed by atoms with E-state index in [1.807, 2.05) is 0 Å². The lowest BCUT2D eigenvalue weighted by molar-refractivity contribution is -0.150. The summed E-state index contributed by atoms with van der Waals surface area (Å²) >= 11 is 0. The maximum absolute atomic E-state index is 12.4. The molecule has 0 heterocycles. The topological polar surface area (TPSA) is 29.3 Å². The Morgan fingerprint density at radius 1 is 1.24 bits per heavy atom. The third-order valence-corrected chi connectivity index (χ3v) is 2.54. The molecule has 0 aromatic heterocycles. The van der Waals surface area contributed by atoms with Gasteiger partial charge in [-0.2, -0.15) is 13.2 Å². The van der Waals surface area contributed by atoms with Crippen LogP contribution in [0.2, 0.25) is 0 Å². The Labute approximate surface area is 99.2 Å². The van der Waals surface area contributed by atoms with Crippen LogP contribution in [0.4, 0.5) is 18.9 Å². The summed E-state index contributed by atoms with van der Waals surface area (Å²) < 4.78 is 37.2. The molecule has 1 aromatic rings. The molecule has 1 aromatic carbocycles. The van der Waals surface area contributed by atoms with Crippen LogP contribution in [-0.2, 0) is 6.54 Å². The van der Waals surface area contributed by atoms with Gasteiger partial charge in [-0.1, -0.05) is 18.2 Å². The number of para-hydroxylation sites is 1. The first-order valence-electron chi connectivity index (χ1n) is 5.44. The first kappa shape index (κ1) is 13.8. The minimum absolute atomic E-state index is 0.184. The molecule has 0 radical (unpaired) electrons. The molecule has 0 fully saturated rings. The van der Waals surface area contributed by atoms with Crippen molar-refractivity contribution in [3.63, 3.8) is 0 Å². The molecule has 0 unspecified atom stereocenters. The highest BCUT2D eigenvalue weighted by Gasteiger charge is 2.31. The van der Waals surface area contributed by atoms with Crippen molar-refractivity contribution in [2.75, 3.05) is 12.3 Å². The maximum atomic E-state index is 12.4. The van der Waals surface area contributed by atoms with Gasteiger partial charge >= 0.3 is 6.18 Å². The van der Waals surface area contributed by atoms with Crippen molar-refractivity contribution < 1.29 is 13.2 Å². The van der Waals surface area contributed by atoms with E-state index in [2.05, 4.69) is 0 Å². The highest BCUT2D eigenvalue weighted by molar-refractivity contribution is 5.46. The van der Waals surface area contributed by atoms with E-state index < -0.39 is 12.7 Å². The first-order valence-corrected chi connectivity index (χ1v) is 5.44. The number of nitrogens with two attached hydrogens (primary N) is 1. The molecular formula is C12H17F3N2. The summed E-state index contributed by atoms with van der Waals surface area (Å²) in [5.74, 6) is 0. The lowest BCUT2D eigenvalue weighted by Gasteiger charge is -2.27. The molecule has 2 nitrogen and oxygen atoms in total. The molecule has 5 heteroatoms. The van der Waals surface area contributed by atoms with Crippen LogP contribution in [-0.4, -0.2) is 23.7 Å². The number of alkyl halides is 3. The number of nitrogens with zero attached hydrogens (tertiary/aromatic N) is 1. The van der Waals surface area contributed by atoms with Gasteiger partial charge in [-0.15, -0.1) is 0 Å². The molecule has 1 rings (SSSR count). The summed E-state index contributed by atoms with van der Waals surface area (Å²) in [5, 5.41) is 0. The predicted molar refractivity (Wildman–Crippen MR) is 62.5 cm³/mol. The lowest BCUT2D eigenvalue weighted by Crippen LogP contribution is -2.38. The molecule has 0 aliphatic heterocycles. The van der Waals surface area contributed by atoms with Crippen molar-refractivity contribution in [1.82, 2.24) is 4.90 Å². The van der Waals surface area contributed by atoms with Crippen LogP contribution >= 0.6 is 0 Å². The third-order valence-electron chi connectivity index (χ3n) is 2.54. The summed E-state index contributed by atoms with van der Waals surface area (Å²) in [7, 11) is 0. The van der Waals surface area contributed by atoms with Crippen molar-refractivity contribution in [3.8, 4) is 0 Å². The Balaban J connectivity index is 2.78. The fraction of sp³-hybridized carbons (Fsp3) is 0.500. The molecule has 2 N–H and O–H groups in total. The molecule has 17 heavy (non-hydrogen) atoms. The van der Waals surface area contributed by atoms with E-state index in [9.17, 15) is 13.2 Å². The van der Waals surface area contributed by atoms with Crippen LogP contribution in [0.15, 0.2) is 24.3 Å². The van der Waals surface area contributed by atoms with Gasteiger partial charge in [0.1, 0.15) is 0 Å². The van der Waals surface area contributed by atoms with E-state index in [0.717, 1.165) is 5.56 Å². The molecular weight excluding hydrogens is 229 g/mol. The van der Waals surface area contributed by atoms with Crippen LogP contribution in [0.3, 0.4) is 0 Å². The van der Waals surface area contributed by atoms with Gasteiger partial charge in [0.05, 0.1) is 6.54 Å². The molecule has 96 valence electrons. The predicted octanol–water partition coefficient (Wildman–Crippen LogP) is 3.04. The molecule has 0 aliphatic rings. The number of benzene rings is 1. The fourth-order valence-electron chi connectivity index (χ4n) is 1.55. The zero-order chi connectivity index (χ0) is 13.1. The normalized spacial score (nSPS) is 12.4. The second-order valence-corrected chi connectivity index (χ2v) is 4.31. The first-order chi connectivity index (χ1) is 7.79. The van der Waals surface area contributed by atoms with Crippen molar-refractivity contribution >= 4 is 5.69 Å². The van der Waals surface area contributed by atoms with Gasteiger partial charge in [0.2, 0.25) is 0 Å². The standard InChI is InChI=1S/C12H17F3N2/c1-9(2)17(8-12(13,14)15)7-10-5-3-4-6-11(10)16/h3-6,9H,7-8,16H2,1-2H3. The van der Waals surface area contributed by atoms with E-state index in [0.29, 0.717) is 5.69 Å². The summed E-state index contributed by atoms with van der Waals surface area (Å²) in [5.41, 5.74) is 6.98. The quantitative estimate of drug-likeness (QED) is 0.827. The molecule has 0 aliphatic carbocycles. The second kappa shape index (κ2) is 5.40. The van der Waals surface area contributed by atoms with E-state index in [-0.39, 0.29) is 12.6 Å². The van der Waals surface area contributed by atoms with E-state index in [4.69, 9.17) is 5.73 Å². The second-order valence-electron chi connectivity index (χ2n) is 4.31. The molecule has 0 saturated carbocycles. The average molecular weight is 246 g/mol. The largest absolute Gasteiger partial charge is 0.401 e. The number of hydrogen-bond acceptors (Lipinski definition) is 2. The fourth-order valence-corrected chi connectivity index (χ4v) is 1.55. The Morgan fingerprint density at radius 2 is 1.82 bits per heavy atom.